The second kappa shape index (κ2) is 8.65. The van der Waals surface area contributed by atoms with E-state index in [-0.39, 0.29) is 18.2 Å². The molecule has 1 atom stereocenters. The molecular weight excluding hydrogens is 336 g/mol. The molecule has 9 heteroatoms. The van der Waals surface area contributed by atoms with E-state index >= 15 is 0 Å². The second-order valence-corrected chi connectivity index (χ2v) is 6.53. The van der Waals surface area contributed by atoms with Gasteiger partial charge in [0.15, 0.2) is 6.61 Å². The number of thioether (sulfide) groups is 1. The Morgan fingerprint density at radius 1 is 1.33 bits per heavy atom. The number of nitrogens with zero attached hydrogens (tertiary/aromatic N) is 2. The van der Waals surface area contributed by atoms with E-state index in [1.807, 2.05) is 0 Å². The molecule has 1 fully saturated rings. The molecule has 1 heterocycles. The smallest absolute Gasteiger partial charge is 0.319 e. The van der Waals surface area contributed by atoms with Crippen LogP contribution in [0.2, 0.25) is 0 Å². The molecule has 1 saturated heterocycles. The molecule has 0 radical (unpaired) electrons. The van der Waals surface area contributed by atoms with Gasteiger partial charge in [-0.1, -0.05) is 0 Å². The SMILES string of the molecule is CC(Sc1ccc([N+](=O)[O-])cc1)C(=O)OCC(=O)N1CCOCC1. The molecule has 1 aromatic rings. The van der Waals surface area contributed by atoms with Crippen LogP contribution in [0.25, 0.3) is 0 Å². The third-order valence-electron chi connectivity index (χ3n) is 3.39. The molecular formula is C15H18N2O6S. The predicted octanol–water partition coefficient (Wildman–Crippen LogP) is 1.48. The Kier molecular flexibility index (Phi) is 6.56. The highest BCUT2D eigenvalue weighted by Gasteiger charge is 2.21. The minimum absolute atomic E-state index is 0.00862. The van der Waals surface area contributed by atoms with Crippen molar-refractivity contribution in [2.24, 2.45) is 0 Å². The van der Waals surface area contributed by atoms with Crippen molar-refractivity contribution in [2.45, 2.75) is 17.1 Å². The van der Waals surface area contributed by atoms with Crippen molar-refractivity contribution in [3.63, 3.8) is 0 Å². The maximum Gasteiger partial charge on any atom is 0.319 e. The number of rotatable bonds is 6. The highest BCUT2D eigenvalue weighted by atomic mass is 32.2. The molecule has 130 valence electrons. The van der Waals surface area contributed by atoms with Gasteiger partial charge in [-0.05, 0) is 19.1 Å². The first-order valence-corrected chi connectivity index (χ1v) is 8.28. The van der Waals surface area contributed by atoms with Crippen LogP contribution in [0.4, 0.5) is 5.69 Å². The lowest BCUT2D eigenvalue weighted by molar-refractivity contribution is -0.384. The molecule has 1 aliphatic rings. The van der Waals surface area contributed by atoms with E-state index in [1.165, 1.54) is 23.9 Å². The average Bonchev–Trinajstić information content (AvgIpc) is 2.60. The number of ether oxygens (including phenoxy) is 2. The summed E-state index contributed by atoms with van der Waals surface area (Å²) in [6.45, 7) is 3.36. The summed E-state index contributed by atoms with van der Waals surface area (Å²) in [6.07, 6.45) is 0. The van der Waals surface area contributed by atoms with Crippen LogP contribution >= 0.6 is 11.8 Å². The zero-order valence-electron chi connectivity index (χ0n) is 13.2. The van der Waals surface area contributed by atoms with Gasteiger partial charge in [-0.3, -0.25) is 19.7 Å². The fourth-order valence-electron chi connectivity index (χ4n) is 2.05. The Morgan fingerprint density at radius 3 is 2.54 bits per heavy atom. The van der Waals surface area contributed by atoms with Crippen molar-refractivity contribution in [1.29, 1.82) is 0 Å². The normalized spacial score (nSPS) is 15.6. The van der Waals surface area contributed by atoms with Crippen LogP contribution in [0.15, 0.2) is 29.2 Å². The maximum atomic E-state index is 12.0. The topological polar surface area (TPSA) is 99.0 Å². The third-order valence-corrected chi connectivity index (χ3v) is 4.48. The lowest BCUT2D eigenvalue weighted by atomic mass is 10.3. The number of nitro groups is 1. The van der Waals surface area contributed by atoms with Crippen molar-refractivity contribution in [3.8, 4) is 0 Å². The molecule has 0 aliphatic carbocycles. The quantitative estimate of drug-likeness (QED) is 0.330. The van der Waals surface area contributed by atoms with Crippen LogP contribution < -0.4 is 0 Å². The summed E-state index contributed by atoms with van der Waals surface area (Å²) < 4.78 is 10.2. The molecule has 0 bridgehead atoms. The fourth-order valence-corrected chi connectivity index (χ4v) is 2.92. The number of non-ortho nitro benzene ring substituents is 1. The van der Waals surface area contributed by atoms with Crippen LogP contribution in [0.3, 0.4) is 0 Å². The van der Waals surface area contributed by atoms with E-state index in [0.29, 0.717) is 31.2 Å². The molecule has 1 aromatic carbocycles. The largest absolute Gasteiger partial charge is 0.455 e. The van der Waals surface area contributed by atoms with Crippen molar-refractivity contribution in [1.82, 2.24) is 4.90 Å². The average molecular weight is 354 g/mol. The maximum absolute atomic E-state index is 12.0. The Balaban J connectivity index is 1.79. The number of benzene rings is 1. The highest BCUT2D eigenvalue weighted by molar-refractivity contribution is 8.00. The number of nitro benzene ring substituents is 1. The number of hydrogen-bond acceptors (Lipinski definition) is 7. The van der Waals surface area contributed by atoms with Crippen molar-refractivity contribution in [3.05, 3.63) is 34.4 Å². The predicted molar refractivity (Wildman–Crippen MR) is 86.8 cm³/mol. The van der Waals surface area contributed by atoms with E-state index in [0.717, 1.165) is 0 Å². The van der Waals surface area contributed by atoms with Crippen LogP contribution in [0, 0.1) is 10.1 Å². The van der Waals surface area contributed by atoms with E-state index in [4.69, 9.17) is 9.47 Å². The number of carbonyl (C=O) groups is 2. The summed E-state index contributed by atoms with van der Waals surface area (Å²) in [5, 5.41) is 10.1. The van der Waals surface area contributed by atoms with Gasteiger partial charge in [0.2, 0.25) is 0 Å². The summed E-state index contributed by atoms with van der Waals surface area (Å²) in [5.74, 6) is -0.737. The first kappa shape index (κ1) is 18.2. The number of esters is 1. The van der Waals surface area contributed by atoms with Gasteiger partial charge in [0, 0.05) is 30.1 Å². The van der Waals surface area contributed by atoms with Crippen LogP contribution in [-0.4, -0.2) is 59.9 Å². The number of carbonyl (C=O) groups excluding carboxylic acids is 2. The summed E-state index contributed by atoms with van der Waals surface area (Å²) in [6, 6.07) is 5.90. The van der Waals surface area contributed by atoms with E-state index < -0.39 is 16.1 Å². The Labute approximate surface area is 143 Å². The van der Waals surface area contributed by atoms with Crippen molar-refractivity contribution in [2.75, 3.05) is 32.9 Å². The molecule has 8 nitrogen and oxygen atoms in total. The van der Waals surface area contributed by atoms with Gasteiger partial charge in [-0.2, -0.15) is 0 Å². The zero-order valence-corrected chi connectivity index (χ0v) is 14.0. The van der Waals surface area contributed by atoms with E-state index in [9.17, 15) is 19.7 Å². The number of amides is 1. The lowest BCUT2D eigenvalue weighted by Crippen LogP contribution is -2.43. The van der Waals surface area contributed by atoms with E-state index in [2.05, 4.69) is 0 Å². The van der Waals surface area contributed by atoms with Crippen LogP contribution in [0.5, 0.6) is 0 Å². The van der Waals surface area contributed by atoms with Crippen molar-refractivity contribution >= 4 is 29.3 Å². The van der Waals surface area contributed by atoms with Gasteiger partial charge in [-0.15, -0.1) is 11.8 Å². The van der Waals surface area contributed by atoms with Gasteiger partial charge in [0.25, 0.3) is 11.6 Å². The fraction of sp³-hybridized carbons (Fsp3) is 0.467. The molecule has 1 unspecified atom stereocenters. The summed E-state index contributed by atoms with van der Waals surface area (Å²) in [7, 11) is 0. The Hall–Kier alpha value is -2.13. The number of hydrogen-bond donors (Lipinski definition) is 0. The van der Waals surface area contributed by atoms with Crippen LogP contribution in [-0.2, 0) is 19.1 Å². The molecule has 0 spiro atoms. The molecule has 0 N–H and O–H groups in total. The molecule has 1 amide bonds. The second-order valence-electron chi connectivity index (χ2n) is 5.11. The standard InChI is InChI=1S/C15H18N2O6S/c1-11(24-13-4-2-12(3-5-13)17(20)21)15(19)23-10-14(18)16-6-8-22-9-7-16/h2-5,11H,6-10H2,1H3. The first-order valence-electron chi connectivity index (χ1n) is 7.40. The van der Waals surface area contributed by atoms with Gasteiger partial charge in [0.1, 0.15) is 5.25 Å². The molecule has 2 rings (SSSR count). The van der Waals surface area contributed by atoms with Crippen molar-refractivity contribution < 1.29 is 24.0 Å². The van der Waals surface area contributed by atoms with Gasteiger partial charge < -0.3 is 14.4 Å². The Bertz CT molecular complexity index is 600. The van der Waals surface area contributed by atoms with E-state index in [1.54, 1.807) is 24.0 Å². The molecule has 24 heavy (non-hydrogen) atoms. The Morgan fingerprint density at radius 2 is 1.96 bits per heavy atom. The first-order chi connectivity index (χ1) is 11.5. The van der Waals surface area contributed by atoms with Crippen LogP contribution in [0.1, 0.15) is 6.92 Å². The minimum atomic E-state index is -0.524. The monoisotopic (exact) mass is 354 g/mol. The minimum Gasteiger partial charge on any atom is -0.455 e. The summed E-state index contributed by atoms with van der Waals surface area (Å²) in [5.41, 5.74) is -0.00862. The number of morpholine rings is 1. The molecule has 1 aliphatic heterocycles. The summed E-state index contributed by atoms with van der Waals surface area (Å²) >= 11 is 1.22. The zero-order chi connectivity index (χ0) is 17.5. The highest BCUT2D eigenvalue weighted by Crippen LogP contribution is 2.26. The molecule has 0 aromatic heterocycles. The van der Waals surface area contributed by atoms with Gasteiger partial charge >= 0.3 is 5.97 Å². The third kappa shape index (κ3) is 5.20. The van der Waals surface area contributed by atoms with Gasteiger partial charge in [0.05, 0.1) is 18.1 Å². The summed E-state index contributed by atoms with van der Waals surface area (Å²) in [4.78, 5) is 36.3. The molecule has 0 saturated carbocycles. The lowest BCUT2D eigenvalue weighted by Gasteiger charge is -2.26. The van der Waals surface area contributed by atoms with Gasteiger partial charge in [-0.25, -0.2) is 0 Å².